The highest BCUT2D eigenvalue weighted by Gasteiger charge is 2.21. The number of amides is 2. The average molecular weight is 375 g/mol. The number of carbonyl (C=O) groups is 2. The van der Waals surface area contributed by atoms with E-state index in [0.29, 0.717) is 69.0 Å². The topological polar surface area (TPSA) is 65.8 Å². The zero-order valence-electron chi connectivity index (χ0n) is 14.2. The molecule has 1 aliphatic heterocycles. The van der Waals surface area contributed by atoms with E-state index in [1.165, 1.54) is 6.92 Å². The van der Waals surface area contributed by atoms with Crippen molar-refractivity contribution >= 4 is 23.6 Å². The van der Waals surface area contributed by atoms with Gasteiger partial charge in [-0.15, -0.1) is 0 Å². The zero-order valence-corrected chi connectivity index (χ0v) is 15.0. The lowest BCUT2D eigenvalue weighted by Gasteiger charge is -2.34. The van der Waals surface area contributed by atoms with Gasteiger partial charge in [0, 0.05) is 46.1 Å². The number of hydrogen-bond acceptors (Lipinski definition) is 5. The number of rotatable bonds is 8. The number of nitrogens with zero attached hydrogens (tertiary/aromatic N) is 2. The Hall–Kier alpha value is -1.61. The first-order valence-electron chi connectivity index (χ1n) is 8.17. The maximum atomic E-state index is 12.1. The Balaban J connectivity index is 1.61. The fourth-order valence-corrected chi connectivity index (χ4v) is 3.02. The first-order valence-corrected chi connectivity index (χ1v) is 9.22. The van der Waals surface area contributed by atoms with E-state index in [4.69, 9.17) is 4.42 Å². The van der Waals surface area contributed by atoms with Crippen LogP contribution in [0.5, 0.6) is 0 Å². The molecule has 0 radical (unpaired) electrons. The van der Waals surface area contributed by atoms with Crippen LogP contribution in [-0.2, 0) is 21.9 Å². The van der Waals surface area contributed by atoms with Gasteiger partial charge in [0.15, 0.2) is 0 Å². The van der Waals surface area contributed by atoms with Gasteiger partial charge in [0.1, 0.15) is 11.5 Å². The highest BCUT2D eigenvalue weighted by molar-refractivity contribution is 7.98. The number of carbonyl (C=O) groups excluding carboxylic acids is 2. The van der Waals surface area contributed by atoms with Crippen molar-refractivity contribution in [2.45, 2.75) is 31.4 Å². The van der Waals surface area contributed by atoms with Crippen molar-refractivity contribution in [3.8, 4) is 0 Å². The summed E-state index contributed by atoms with van der Waals surface area (Å²) in [4.78, 5) is 26.9. The summed E-state index contributed by atoms with van der Waals surface area (Å²) in [5, 5.41) is 3.12. The zero-order chi connectivity index (χ0) is 18.2. The van der Waals surface area contributed by atoms with Crippen LogP contribution in [0.2, 0.25) is 0 Å². The van der Waals surface area contributed by atoms with Crippen molar-refractivity contribution in [2.24, 2.45) is 0 Å². The van der Waals surface area contributed by atoms with E-state index in [9.17, 15) is 18.4 Å². The Bertz CT molecular complexity index is 575. The van der Waals surface area contributed by atoms with Crippen LogP contribution in [0.25, 0.3) is 0 Å². The van der Waals surface area contributed by atoms with Crippen LogP contribution in [0.3, 0.4) is 0 Å². The van der Waals surface area contributed by atoms with Crippen LogP contribution in [0.15, 0.2) is 16.5 Å². The third-order valence-electron chi connectivity index (χ3n) is 3.96. The number of thioether (sulfide) groups is 1. The molecule has 0 atom stereocenters. The van der Waals surface area contributed by atoms with Crippen LogP contribution >= 0.6 is 11.8 Å². The number of nitrogens with one attached hydrogen (secondary N) is 1. The second-order valence-electron chi connectivity index (χ2n) is 5.75. The molecule has 2 rings (SSSR count). The maximum absolute atomic E-state index is 12.1. The molecule has 1 fully saturated rings. The lowest BCUT2D eigenvalue weighted by Crippen LogP contribution is -2.50. The van der Waals surface area contributed by atoms with Crippen molar-refractivity contribution in [1.29, 1.82) is 0 Å². The minimum absolute atomic E-state index is 0.0403. The minimum atomic E-state index is -2.41. The Labute approximate surface area is 149 Å². The van der Waals surface area contributed by atoms with E-state index >= 15 is 0 Å². The molecular weight excluding hydrogens is 352 g/mol. The van der Waals surface area contributed by atoms with E-state index in [1.807, 2.05) is 0 Å². The summed E-state index contributed by atoms with van der Waals surface area (Å²) in [5.74, 6) is -0.992. The van der Waals surface area contributed by atoms with Gasteiger partial charge in [0.05, 0.1) is 12.3 Å². The molecule has 25 heavy (non-hydrogen) atoms. The van der Waals surface area contributed by atoms with Crippen LogP contribution in [0.4, 0.5) is 8.78 Å². The number of piperazine rings is 1. The first-order chi connectivity index (χ1) is 12.0. The number of furan rings is 1. The summed E-state index contributed by atoms with van der Waals surface area (Å²) in [7, 11) is 0. The van der Waals surface area contributed by atoms with Gasteiger partial charge in [-0.3, -0.25) is 9.59 Å². The van der Waals surface area contributed by atoms with Gasteiger partial charge in [-0.25, -0.2) is 0 Å². The molecule has 1 N–H and O–H groups in total. The molecule has 0 aliphatic carbocycles. The van der Waals surface area contributed by atoms with Crippen molar-refractivity contribution in [1.82, 2.24) is 15.1 Å². The molecule has 0 bridgehead atoms. The minimum Gasteiger partial charge on any atom is -0.464 e. The third kappa shape index (κ3) is 6.66. The molecular formula is C16H23F2N3O3S. The first kappa shape index (κ1) is 19.7. The molecule has 6 nitrogen and oxygen atoms in total. The molecule has 0 aromatic carbocycles. The second-order valence-corrected chi connectivity index (χ2v) is 6.73. The smallest absolute Gasteiger partial charge is 0.284 e. The number of halogens is 2. The Morgan fingerprint density at radius 1 is 1.20 bits per heavy atom. The summed E-state index contributed by atoms with van der Waals surface area (Å²) in [6, 6.07) is 3.43. The number of hydrogen-bond donors (Lipinski definition) is 1. The van der Waals surface area contributed by atoms with Gasteiger partial charge in [-0.1, -0.05) is 11.8 Å². The standard InChI is InChI=1S/C16H23F2N3O3S/c1-12(22)20-6-8-21(9-7-20)15(23)4-5-19-10-13-2-3-14(24-13)11-25-16(17)18/h2-3,16,19H,4-11H2,1H3. The van der Waals surface area contributed by atoms with Gasteiger partial charge >= 0.3 is 0 Å². The fraction of sp³-hybridized carbons (Fsp3) is 0.625. The van der Waals surface area contributed by atoms with Crippen molar-refractivity contribution in [2.75, 3.05) is 32.7 Å². The van der Waals surface area contributed by atoms with Gasteiger partial charge in [-0.2, -0.15) is 8.78 Å². The van der Waals surface area contributed by atoms with E-state index in [1.54, 1.807) is 21.9 Å². The molecule has 0 unspecified atom stereocenters. The predicted octanol–water partition coefficient (Wildman–Crippen LogP) is 1.91. The quantitative estimate of drug-likeness (QED) is 0.703. The second kappa shape index (κ2) is 9.76. The molecule has 1 saturated heterocycles. The van der Waals surface area contributed by atoms with Crippen LogP contribution in [-0.4, -0.2) is 60.1 Å². The van der Waals surface area contributed by atoms with Crippen LogP contribution < -0.4 is 5.32 Å². The Kier molecular flexibility index (Phi) is 7.70. The molecule has 2 amide bonds. The molecule has 2 heterocycles. The van der Waals surface area contributed by atoms with Crippen LogP contribution in [0.1, 0.15) is 24.9 Å². The molecule has 0 spiro atoms. The van der Waals surface area contributed by atoms with E-state index < -0.39 is 5.76 Å². The third-order valence-corrected chi connectivity index (χ3v) is 4.66. The lowest BCUT2D eigenvalue weighted by atomic mass is 10.2. The largest absolute Gasteiger partial charge is 0.464 e. The molecule has 1 aliphatic rings. The number of alkyl halides is 2. The SMILES string of the molecule is CC(=O)N1CCN(C(=O)CCNCc2ccc(CSC(F)F)o2)CC1. The maximum Gasteiger partial charge on any atom is 0.284 e. The summed E-state index contributed by atoms with van der Waals surface area (Å²) in [6.45, 7) is 4.80. The van der Waals surface area contributed by atoms with E-state index in [-0.39, 0.29) is 17.6 Å². The highest BCUT2D eigenvalue weighted by atomic mass is 32.2. The summed E-state index contributed by atoms with van der Waals surface area (Å²) in [5.41, 5.74) is 0. The van der Waals surface area contributed by atoms with Crippen molar-refractivity contribution in [3.63, 3.8) is 0 Å². The van der Waals surface area contributed by atoms with Crippen molar-refractivity contribution in [3.05, 3.63) is 23.7 Å². The molecule has 1 aromatic rings. The van der Waals surface area contributed by atoms with Gasteiger partial charge in [0.25, 0.3) is 5.76 Å². The van der Waals surface area contributed by atoms with E-state index in [0.717, 1.165) is 0 Å². The lowest BCUT2D eigenvalue weighted by molar-refractivity contribution is -0.138. The molecule has 9 heteroatoms. The fourth-order valence-electron chi connectivity index (χ4n) is 2.58. The summed E-state index contributed by atoms with van der Waals surface area (Å²) in [6.07, 6.45) is 0.370. The van der Waals surface area contributed by atoms with Gasteiger partial charge in [-0.05, 0) is 12.1 Å². The molecule has 140 valence electrons. The highest BCUT2D eigenvalue weighted by Crippen LogP contribution is 2.21. The summed E-state index contributed by atoms with van der Waals surface area (Å²) < 4.78 is 29.7. The molecule has 1 aromatic heterocycles. The van der Waals surface area contributed by atoms with Gasteiger partial charge in [0.2, 0.25) is 11.8 Å². The molecule has 0 saturated carbocycles. The summed E-state index contributed by atoms with van der Waals surface area (Å²) >= 11 is 0.525. The normalized spacial score (nSPS) is 15.0. The monoisotopic (exact) mass is 375 g/mol. The van der Waals surface area contributed by atoms with E-state index in [2.05, 4.69) is 5.32 Å². The van der Waals surface area contributed by atoms with Crippen molar-refractivity contribution < 1.29 is 22.8 Å². The Morgan fingerprint density at radius 2 is 1.84 bits per heavy atom. The van der Waals surface area contributed by atoms with Crippen LogP contribution in [0, 0.1) is 0 Å². The predicted molar refractivity (Wildman–Crippen MR) is 91.2 cm³/mol. The van der Waals surface area contributed by atoms with Gasteiger partial charge < -0.3 is 19.5 Å². The average Bonchev–Trinajstić information content (AvgIpc) is 3.04. The Morgan fingerprint density at radius 3 is 2.48 bits per heavy atom.